The Bertz CT molecular complexity index is 2010. The van der Waals surface area contributed by atoms with Gasteiger partial charge in [0.05, 0.1) is 27.4 Å². The minimum atomic E-state index is -1.31. The number of aromatic nitrogens is 4. The second-order valence-corrected chi connectivity index (χ2v) is 13.0. The molecular formula is C38H41N7O6. The molecule has 3 N–H and O–H groups in total. The number of methoxy groups -OCH3 is 2. The van der Waals surface area contributed by atoms with Gasteiger partial charge < -0.3 is 39.6 Å². The van der Waals surface area contributed by atoms with Crippen LogP contribution in [0.15, 0.2) is 102 Å². The molecule has 0 unspecified atom stereocenters. The van der Waals surface area contributed by atoms with Crippen molar-refractivity contribution in [3.8, 4) is 11.5 Å². The van der Waals surface area contributed by atoms with E-state index in [9.17, 15) is 9.90 Å². The van der Waals surface area contributed by atoms with Gasteiger partial charge in [-0.1, -0.05) is 54.6 Å². The van der Waals surface area contributed by atoms with Crippen LogP contribution in [0.25, 0.3) is 0 Å². The SMILES string of the molecule is COc1ccc(C(OC[C@@]23CN(c4ccnc(N(C)C)n4)[C@@H]([C@H](n4cc(C)c(N)nc4=O)O2)[C@@H]3O)(c2ccccc2)c2ccc(OC)cc2)cc1. The number of nitrogens with zero attached hydrogens (tertiary/aromatic N) is 6. The molecular weight excluding hydrogens is 650 g/mol. The molecule has 2 saturated heterocycles. The number of aliphatic hydroxyl groups excluding tert-OH is 1. The lowest BCUT2D eigenvalue weighted by molar-refractivity contribution is -0.159. The quantitative estimate of drug-likeness (QED) is 0.195. The number of ether oxygens (including phenoxy) is 4. The Morgan fingerprint density at radius 2 is 1.55 bits per heavy atom. The van der Waals surface area contributed by atoms with Gasteiger partial charge in [0.25, 0.3) is 0 Å². The van der Waals surface area contributed by atoms with Crippen molar-refractivity contribution in [3.05, 3.63) is 130 Å². The van der Waals surface area contributed by atoms with Crippen molar-refractivity contribution in [2.24, 2.45) is 0 Å². The minimum absolute atomic E-state index is 0.0770. The van der Waals surface area contributed by atoms with Gasteiger partial charge >= 0.3 is 5.69 Å². The van der Waals surface area contributed by atoms with E-state index in [1.807, 2.05) is 97.9 Å². The van der Waals surface area contributed by atoms with Gasteiger partial charge in [0.15, 0.2) is 6.23 Å². The number of nitrogens with two attached hydrogens (primary N) is 1. The summed E-state index contributed by atoms with van der Waals surface area (Å²) in [6.07, 6.45) is 1.24. The predicted molar refractivity (Wildman–Crippen MR) is 192 cm³/mol. The summed E-state index contributed by atoms with van der Waals surface area (Å²) in [4.78, 5) is 30.3. The third kappa shape index (κ3) is 5.82. The molecule has 4 heterocycles. The van der Waals surface area contributed by atoms with Gasteiger partial charge in [0, 0.05) is 32.1 Å². The van der Waals surface area contributed by atoms with Crippen molar-refractivity contribution < 1.29 is 24.1 Å². The average molecular weight is 692 g/mol. The standard InChI is InChI=1S/C38H41N7O6/c1-24-21-44(36(47)42-33(24)39)34-31-32(46)37(51-34,22-45(31)30-19-20-40-35(41-30)43(2)3)23-50-38(25-9-7-6-8-10-25,26-11-15-28(48-4)16-12-26)27-13-17-29(49-5)18-14-27/h6-21,31-32,34,46H,22-23H2,1-5H3,(H2,39,42,47)/t31-,32+,34-,37-/m1/s1. The van der Waals surface area contributed by atoms with E-state index in [1.165, 1.54) is 4.57 Å². The van der Waals surface area contributed by atoms with E-state index >= 15 is 0 Å². The van der Waals surface area contributed by atoms with E-state index in [0.29, 0.717) is 28.8 Å². The number of aliphatic hydroxyl groups is 1. The summed E-state index contributed by atoms with van der Waals surface area (Å²) in [6, 6.07) is 26.4. The van der Waals surface area contributed by atoms with Crippen LogP contribution in [-0.4, -0.2) is 83.8 Å². The Hall–Kier alpha value is -5.50. The van der Waals surface area contributed by atoms with Crippen molar-refractivity contribution in [2.75, 3.05) is 57.0 Å². The summed E-state index contributed by atoms with van der Waals surface area (Å²) in [5.41, 5.74) is 6.02. The maximum Gasteiger partial charge on any atom is 0.351 e. The number of rotatable bonds is 11. The van der Waals surface area contributed by atoms with Gasteiger partial charge in [-0.25, -0.2) is 9.78 Å². The Labute approximate surface area is 295 Å². The van der Waals surface area contributed by atoms with Crippen LogP contribution in [0.2, 0.25) is 0 Å². The lowest BCUT2D eigenvalue weighted by Gasteiger charge is -2.41. The molecule has 0 amide bonds. The summed E-state index contributed by atoms with van der Waals surface area (Å²) in [5.74, 6) is 2.59. The van der Waals surface area contributed by atoms with Crippen LogP contribution >= 0.6 is 0 Å². The maximum absolute atomic E-state index is 13.3. The zero-order valence-corrected chi connectivity index (χ0v) is 29.1. The normalized spacial score (nSPS) is 21.1. The second kappa shape index (κ2) is 13.3. The largest absolute Gasteiger partial charge is 0.497 e. The number of aryl methyl sites for hydroxylation is 1. The number of anilines is 3. The van der Waals surface area contributed by atoms with Crippen LogP contribution in [0.3, 0.4) is 0 Å². The summed E-state index contributed by atoms with van der Waals surface area (Å²) in [7, 11) is 6.96. The Kier molecular flexibility index (Phi) is 8.87. The molecule has 2 aromatic heterocycles. The lowest BCUT2D eigenvalue weighted by Crippen LogP contribution is -2.51. The van der Waals surface area contributed by atoms with Gasteiger partial charge in [-0.2, -0.15) is 9.97 Å². The summed E-state index contributed by atoms with van der Waals surface area (Å²) >= 11 is 0. The zero-order valence-electron chi connectivity index (χ0n) is 29.1. The molecule has 264 valence electrons. The van der Waals surface area contributed by atoms with Crippen molar-refractivity contribution >= 4 is 17.6 Å². The molecule has 13 heteroatoms. The molecule has 0 saturated carbocycles. The van der Waals surface area contributed by atoms with Crippen LogP contribution in [0.5, 0.6) is 11.5 Å². The number of hydrogen-bond donors (Lipinski definition) is 2. The highest BCUT2D eigenvalue weighted by molar-refractivity contribution is 5.51. The van der Waals surface area contributed by atoms with Crippen LogP contribution in [0.1, 0.15) is 28.5 Å². The number of nitrogen functional groups attached to an aromatic ring is 1. The number of hydrogen-bond acceptors (Lipinski definition) is 12. The molecule has 0 spiro atoms. The number of benzene rings is 3. The van der Waals surface area contributed by atoms with E-state index in [1.54, 1.807) is 44.5 Å². The highest BCUT2D eigenvalue weighted by atomic mass is 16.6. The van der Waals surface area contributed by atoms with E-state index in [-0.39, 0.29) is 19.0 Å². The molecule has 7 rings (SSSR count). The number of morpholine rings is 1. The van der Waals surface area contributed by atoms with Crippen LogP contribution in [0.4, 0.5) is 17.6 Å². The maximum atomic E-state index is 13.3. The molecule has 0 radical (unpaired) electrons. The van der Waals surface area contributed by atoms with E-state index < -0.39 is 35.3 Å². The van der Waals surface area contributed by atoms with Crippen molar-refractivity contribution in [1.29, 1.82) is 0 Å². The molecule has 2 aliphatic heterocycles. The van der Waals surface area contributed by atoms with Gasteiger partial charge in [-0.05, 0) is 53.9 Å². The molecule has 51 heavy (non-hydrogen) atoms. The smallest absolute Gasteiger partial charge is 0.351 e. The van der Waals surface area contributed by atoms with Gasteiger partial charge in [0.2, 0.25) is 5.95 Å². The third-order valence-corrected chi connectivity index (χ3v) is 9.78. The van der Waals surface area contributed by atoms with Crippen LogP contribution in [-0.2, 0) is 15.1 Å². The van der Waals surface area contributed by atoms with E-state index in [0.717, 1.165) is 16.7 Å². The molecule has 2 bridgehead atoms. The van der Waals surface area contributed by atoms with Crippen LogP contribution in [0, 0.1) is 6.92 Å². The molecule has 0 aliphatic carbocycles. The zero-order chi connectivity index (χ0) is 35.9. The highest BCUT2D eigenvalue weighted by Gasteiger charge is 2.65. The third-order valence-electron chi connectivity index (χ3n) is 9.78. The highest BCUT2D eigenvalue weighted by Crippen LogP contribution is 2.50. The summed E-state index contributed by atoms with van der Waals surface area (Å²) < 4.78 is 26.5. The predicted octanol–water partition coefficient (Wildman–Crippen LogP) is 3.53. The fraction of sp³-hybridized carbons (Fsp3) is 0.316. The minimum Gasteiger partial charge on any atom is -0.497 e. The average Bonchev–Trinajstić information content (AvgIpc) is 3.60. The molecule has 13 nitrogen and oxygen atoms in total. The Morgan fingerprint density at radius 1 is 0.941 bits per heavy atom. The topological polar surface area (TPSA) is 150 Å². The van der Waals surface area contributed by atoms with Gasteiger partial charge in [-0.3, -0.25) is 4.57 Å². The number of fused-ring (bicyclic) bond motifs is 2. The molecule has 2 fully saturated rings. The van der Waals surface area contributed by atoms with Crippen LogP contribution < -0.4 is 30.7 Å². The van der Waals surface area contributed by atoms with E-state index in [2.05, 4.69) is 9.97 Å². The fourth-order valence-corrected chi connectivity index (χ4v) is 7.10. The monoisotopic (exact) mass is 691 g/mol. The first-order valence-electron chi connectivity index (χ1n) is 16.6. The fourth-order valence-electron chi connectivity index (χ4n) is 7.10. The molecule has 2 aliphatic rings. The summed E-state index contributed by atoms with van der Waals surface area (Å²) in [6.45, 7) is 1.90. The Morgan fingerprint density at radius 3 is 2.14 bits per heavy atom. The van der Waals surface area contributed by atoms with Crippen molar-refractivity contribution in [2.45, 2.75) is 36.5 Å². The molecule has 5 aromatic rings. The first kappa shape index (κ1) is 34.0. The van der Waals surface area contributed by atoms with E-state index in [4.69, 9.17) is 29.7 Å². The van der Waals surface area contributed by atoms with Crippen molar-refractivity contribution in [1.82, 2.24) is 19.5 Å². The first-order valence-corrected chi connectivity index (χ1v) is 16.6. The molecule has 4 atom stereocenters. The molecule has 3 aromatic carbocycles. The summed E-state index contributed by atoms with van der Waals surface area (Å²) in [5, 5.41) is 12.3. The lowest BCUT2D eigenvalue weighted by atomic mass is 9.79. The van der Waals surface area contributed by atoms with Crippen molar-refractivity contribution in [3.63, 3.8) is 0 Å². The Balaban J connectivity index is 1.37. The second-order valence-electron chi connectivity index (χ2n) is 13.0. The van der Waals surface area contributed by atoms with Gasteiger partial charge in [-0.15, -0.1) is 0 Å². The first-order chi connectivity index (χ1) is 24.6. The van der Waals surface area contributed by atoms with Gasteiger partial charge in [0.1, 0.15) is 46.5 Å².